The molecule has 1 fully saturated rings. The highest BCUT2D eigenvalue weighted by molar-refractivity contribution is 14.1. The molecular formula is C32H30IN3O3S. The van der Waals surface area contributed by atoms with E-state index in [1.165, 1.54) is 0 Å². The van der Waals surface area contributed by atoms with Crippen molar-refractivity contribution in [1.82, 2.24) is 14.8 Å². The SMILES string of the molecule is CCc1ccnc(C(=O)[C@]23Cc4cnn(-c5ccc(I)cc5)c4C=C2CC[C@H](S(=O)(=O)c2ccc(C)cc2)C3)c1. The molecule has 2 aromatic heterocycles. The number of carbonyl (C=O) groups excluding carboxylic acids is 1. The van der Waals surface area contributed by atoms with E-state index in [1.807, 2.05) is 73.3 Å². The van der Waals surface area contributed by atoms with E-state index in [2.05, 4.69) is 33.7 Å². The summed E-state index contributed by atoms with van der Waals surface area (Å²) >= 11 is 2.28. The largest absolute Gasteiger partial charge is 0.291 e. The molecule has 1 saturated carbocycles. The molecule has 0 amide bonds. The summed E-state index contributed by atoms with van der Waals surface area (Å²) in [7, 11) is -3.64. The molecule has 2 aliphatic carbocycles. The monoisotopic (exact) mass is 663 g/mol. The quantitative estimate of drug-likeness (QED) is 0.172. The number of carbonyl (C=O) groups is 1. The molecule has 0 N–H and O–H groups in total. The number of allylic oxidation sites excluding steroid dienone is 1. The van der Waals surface area contributed by atoms with Crippen LogP contribution in [-0.2, 0) is 22.7 Å². The summed E-state index contributed by atoms with van der Waals surface area (Å²) < 4.78 is 30.8. The van der Waals surface area contributed by atoms with E-state index < -0.39 is 20.5 Å². The van der Waals surface area contributed by atoms with Crippen molar-refractivity contribution < 1.29 is 13.2 Å². The standard InChI is InChI=1S/C32H30IN3O3S/c1-3-22-14-15-34-29(16-22)31(37)32-18-23-20-35-36(26-9-7-25(33)8-10-26)30(23)17-24(32)6-13-28(19-32)40(38,39)27-11-4-21(2)5-12-27/h4-5,7-12,14-17,20,28H,3,6,13,18-19H2,1-2H3/t28-,32-/m0/s1. The van der Waals surface area contributed by atoms with Crippen LogP contribution in [0.3, 0.4) is 0 Å². The second kappa shape index (κ2) is 10.4. The maximum atomic E-state index is 14.5. The third-order valence-corrected chi connectivity index (χ3v) is 11.3. The molecule has 2 aliphatic rings. The van der Waals surface area contributed by atoms with Gasteiger partial charge in [-0.05, 0) is 127 Å². The summed E-state index contributed by atoms with van der Waals surface area (Å²) in [5, 5.41) is 4.03. The Labute approximate surface area is 248 Å². The van der Waals surface area contributed by atoms with E-state index in [1.54, 1.807) is 18.3 Å². The lowest BCUT2D eigenvalue weighted by atomic mass is 9.61. The predicted octanol–water partition coefficient (Wildman–Crippen LogP) is 6.58. The van der Waals surface area contributed by atoms with Gasteiger partial charge in [-0.2, -0.15) is 5.10 Å². The van der Waals surface area contributed by atoms with Gasteiger partial charge in [0.25, 0.3) is 0 Å². The van der Waals surface area contributed by atoms with Crippen molar-refractivity contribution in [2.75, 3.05) is 0 Å². The number of aromatic nitrogens is 3. The van der Waals surface area contributed by atoms with Gasteiger partial charge >= 0.3 is 0 Å². The number of sulfone groups is 1. The summed E-state index contributed by atoms with van der Waals surface area (Å²) in [6.45, 7) is 3.99. The number of aryl methyl sites for hydroxylation is 2. The smallest absolute Gasteiger partial charge is 0.191 e. The first kappa shape index (κ1) is 27.1. The van der Waals surface area contributed by atoms with Crippen LogP contribution in [0.4, 0.5) is 0 Å². The van der Waals surface area contributed by atoms with Crippen molar-refractivity contribution in [3.63, 3.8) is 0 Å². The number of pyridine rings is 1. The normalized spacial score (nSPS) is 20.4. The third-order valence-electron chi connectivity index (χ3n) is 8.38. The zero-order valence-electron chi connectivity index (χ0n) is 22.5. The van der Waals surface area contributed by atoms with Crippen molar-refractivity contribution in [2.45, 2.75) is 56.1 Å². The Balaban J connectivity index is 1.46. The molecule has 0 unspecified atom stereocenters. The molecule has 2 atom stereocenters. The fourth-order valence-electron chi connectivity index (χ4n) is 6.10. The van der Waals surface area contributed by atoms with Crippen molar-refractivity contribution in [2.24, 2.45) is 5.41 Å². The van der Waals surface area contributed by atoms with Gasteiger partial charge in [-0.1, -0.05) is 30.2 Å². The maximum Gasteiger partial charge on any atom is 0.191 e. The van der Waals surface area contributed by atoms with E-state index in [9.17, 15) is 13.2 Å². The molecule has 2 aromatic carbocycles. The molecule has 0 bridgehead atoms. The fraction of sp³-hybridized carbons (Fsp3) is 0.281. The molecule has 0 radical (unpaired) electrons. The molecular weight excluding hydrogens is 633 g/mol. The molecule has 6 rings (SSSR count). The number of rotatable bonds is 6. The van der Waals surface area contributed by atoms with Crippen LogP contribution >= 0.6 is 22.6 Å². The van der Waals surface area contributed by atoms with Gasteiger partial charge in [0.2, 0.25) is 0 Å². The van der Waals surface area contributed by atoms with Crippen LogP contribution in [0.2, 0.25) is 0 Å². The van der Waals surface area contributed by atoms with Crippen LogP contribution in [0.25, 0.3) is 11.8 Å². The van der Waals surface area contributed by atoms with Gasteiger partial charge in [0.1, 0.15) is 5.69 Å². The van der Waals surface area contributed by atoms with Gasteiger partial charge in [0.15, 0.2) is 15.6 Å². The maximum absolute atomic E-state index is 14.5. The van der Waals surface area contributed by atoms with Crippen LogP contribution in [-0.4, -0.2) is 34.2 Å². The Kier molecular flexibility index (Phi) is 7.02. The summed E-state index contributed by atoms with van der Waals surface area (Å²) in [4.78, 5) is 19.3. The van der Waals surface area contributed by atoms with Crippen LogP contribution < -0.4 is 0 Å². The topological polar surface area (TPSA) is 81.9 Å². The van der Waals surface area contributed by atoms with Crippen LogP contribution in [0.5, 0.6) is 0 Å². The minimum atomic E-state index is -3.64. The number of Topliss-reactive ketones (excluding diaryl/α,β-unsaturated/α-hetero) is 1. The van der Waals surface area contributed by atoms with E-state index in [-0.39, 0.29) is 12.2 Å². The number of hydrogen-bond acceptors (Lipinski definition) is 5. The Morgan fingerprint density at radius 1 is 1.10 bits per heavy atom. The number of benzene rings is 2. The van der Waals surface area contributed by atoms with Gasteiger partial charge in [0.05, 0.1) is 33.1 Å². The first-order valence-electron chi connectivity index (χ1n) is 13.6. The van der Waals surface area contributed by atoms with Crippen LogP contribution in [0.1, 0.15) is 59.1 Å². The Hall–Kier alpha value is -3.11. The van der Waals surface area contributed by atoms with Gasteiger partial charge < -0.3 is 0 Å². The predicted molar refractivity (Wildman–Crippen MR) is 164 cm³/mol. The molecule has 0 spiro atoms. The van der Waals surface area contributed by atoms with Crippen LogP contribution in [0.15, 0.2) is 83.5 Å². The zero-order valence-corrected chi connectivity index (χ0v) is 25.4. The van der Waals surface area contributed by atoms with Gasteiger partial charge in [-0.25, -0.2) is 13.1 Å². The van der Waals surface area contributed by atoms with E-state index in [0.29, 0.717) is 29.9 Å². The number of fused-ring (bicyclic) bond motifs is 2. The summed E-state index contributed by atoms with van der Waals surface area (Å²) in [6, 6.07) is 18.9. The lowest BCUT2D eigenvalue weighted by Crippen LogP contribution is -2.45. The molecule has 8 heteroatoms. The first-order valence-corrected chi connectivity index (χ1v) is 16.2. The molecule has 204 valence electrons. The fourth-order valence-corrected chi connectivity index (χ4v) is 8.29. The zero-order chi connectivity index (χ0) is 28.1. The molecule has 2 heterocycles. The molecule has 0 saturated heterocycles. The van der Waals surface area contributed by atoms with Gasteiger partial charge in [-0.15, -0.1) is 0 Å². The van der Waals surface area contributed by atoms with Crippen molar-refractivity contribution in [3.8, 4) is 5.69 Å². The number of nitrogens with zero attached hydrogens (tertiary/aromatic N) is 3. The highest BCUT2D eigenvalue weighted by atomic mass is 127. The van der Waals surface area contributed by atoms with E-state index in [0.717, 1.165) is 43.6 Å². The average Bonchev–Trinajstić information content (AvgIpc) is 3.38. The third kappa shape index (κ3) is 4.64. The van der Waals surface area contributed by atoms with E-state index >= 15 is 0 Å². The summed E-state index contributed by atoms with van der Waals surface area (Å²) in [6.07, 6.45) is 7.98. The lowest BCUT2D eigenvalue weighted by molar-refractivity contribution is 0.0796. The van der Waals surface area contributed by atoms with Crippen molar-refractivity contribution in [3.05, 3.63) is 110 Å². The number of halogens is 1. The lowest BCUT2D eigenvalue weighted by Gasteiger charge is -2.43. The van der Waals surface area contributed by atoms with E-state index in [4.69, 9.17) is 5.10 Å². The Morgan fingerprint density at radius 3 is 2.58 bits per heavy atom. The van der Waals surface area contributed by atoms with Gasteiger partial charge in [0, 0.05) is 9.77 Å². The Morgan fingerprint density at radius 2 is 1.85 bits per heavy atom. The number of ketones is 1. The van der Waals surface area contributed by atoms with Crippen molar-refractivity contribution >= 4 is 44.3 Å². The second-order valence-corrected chi connectivity index (χ2v) is 14.3. The van der Waals surface area contributed by atoms with Gasteiger partial charge in [-0.3, -0.25) is 9.78 Å². The summed E-state index contributed by atoms with van der Waals surface area (Å²) in [5.41, 5.74) is 5.25. The number of hydrogen-bond donors (Lipinski definition) is 0. The summed E-state index contributed by atoms with van der Waals surface area (Å²) in [5.74, 6) is -0.106. The molecule has 0 aliphatic heterocycles. The van der Waals surface area contributed by atoms with Crippen LogP contribution in [0, 0.1) is 15.9 Å². The minimum absolute atomic E-state index is 0.106. The first-order chi connectivity index (χ1) is 19.2. The average molecular weight is 664 g/mol. The highest BCUT2D eigenvalue weighted by Crippen LogP contribution is 2.51. The van der Waals surface area contributed by atoms with Crippen molar-refractivity contribution in [1.29, 1.82) is 0 Å². The molecule has 4 aromatic rings. The molecule has 40 heavy (non-hydrogen) atoms. The highest BCUT2D eigenvalue weighted by Gasteiger charge is 2.52. The minimum Gasteiger partial charge on any atom is -0.291 e. The molecule has 6 nitrogen and oxygen atoms in total. The Bertz CT molecular complexity index is 1740. The second-order valence-electron chi connectivity index (χ2n) is 10.8.